The Morgan fingerprint density at radius 1 is 1.42 bits per heavy atom. The molecular weight excluding hydrogens is 150 g/mol. The van der Waals surface area contributed by atoms with Crippen LogP contribution in [0.5, 0.6) is 5.75 Å². The standard InChI is InChI=1S/C10H11NO/c1-7(2)9-5-3-4-8(6-11)10(9)12/h3-5,7,12H,1-2H3. The van der Waals surface area contributed by atoms with Gasteiger partial charge in [0.05, 0.1) is 5.56 Å². The lowest BCUT2D eigenvalue weighted by Crippen LogP contribution is -1.89. The Bertz CT molecular complexity index is 323. The lowest BCUT2D eigenvalue weighted by molar-refractivity contribution is 0.463. The number of nitrogens with zero attached hydrogens (tertiary/aromatic N) is 1. The second-order valence-corrected chi connectivity index (χ2v) is 3.01. The maximum Gasteiger partial charge on any atom is 0.136 e. The first-order chi connectivity index (χ1) is 5.66. The first-order valence-corrected chi connectivity index (χ1v) is 3.88. The van der Waals surface area contributed by atoms with Gasteiger partial charge >= 0.3 is 0 Å². The van der Waals surface area contributed by atoms with E-state index in [1.807, 2.05) is 26.0 Å². The van der Waals surface area contributed by atoms with Gasteiger partial charge in [-0.1, -0.05) is 26.0 Å². The highest BCUT2D eigenvalue weighted by Gasteiger charge is 2.08. The fourth-order valence-electron chi connectivity index (χ4n) is 1.12. The summed E-state index contributed by atoms with van der Waals surface area (Å²) in [6.45, 7) is 3.96. The van der Waals surface area contributed by atoms with E-state index >= 15 is 0 Å². The summed E-state index contributed by atoms with van der Waals surface area (Å²) in [5.41, 5.74) is 1.18. The van der Waals surface area contributed by atoms with E-state index in [4.69, 9.17) is 5.26 Å². The number of phenolic OH excluding ortho intramolecular Hbond substituents is 1. The first-order valence-electron chi connectivity index (χ1n) is 3.88. The average molecular weight is 161 g/mol. The SMILES string of the molecule is CC(C)c1cccc(C#N)c1O. The lowest BCUT2D eigenvalue weighted by atomic mass is 10.00. The van der Waals surface area contributed by atoms with E-state index < -0.39 is 0 Å². The predicted octanol–water partition coefficient (Wildman–Crippen LogP) is 2.39. The van der Waals surface area contributed by atoms with Gasteiger partial charge in [0.15, 0.2) is 0 Å². The first kappa shape index (κ1) is 8.61. The minimum absolute atomic E-state index is 0.120. The van der Waals surface area contributed by atoms with Crippen LogP contribution in [-0.4, -0.2) is 5.11 Å². The molecule has 12 heavy (non-hydrogen) atoms. The van der Waals surface area contributed by atoms with Crippen molar-refractivity contribution in [2.75, 3.05) is 0 Å². The number of phenols is 1. The molecule has 0 amide bonds. The van der Waals surface area contributed by atoms with Crippen molar-refractivity contribution in [2.24, 2.45) is 0 Å². The van der Waals surface area contributed by atoms with E-state index in [0.717, 1.165) is 5.56 Å². The number of aromatic hydroxyl groups is 1. The maximum atomic E-state index is 9.54. The van der Waals surface area contributed by atoms with Gasteiger partial charge in [0.1, 0.15) is 11.8 Å². The predicted molar refractivity (Wildman–Crippen MR) is 46.9 cm³/mol. The Balaban J connectivity index is 3.25. The van der Waals surface area contributed by atoms with Crippen LogP contribution in [0.15, 0.2) is 18.2 Å². The van der Waals surface area contributed by atoms with Gasteiger partial charge in [0.2, 0.25) is 0 Å². The van der Waals surface area contributed by atoms with Crippen molar-refractivity contribution in [1.82, 2.24) is 0 Å². The topological polar surface area (TPSA) is 44.0 Å². The Labute approximate surface area is 72.1 Å². The second kappa shape index (κ2) is 3.27. The van der Waals surface area contributed by atoms with Gasteiger partial charge in [-0.2, -0.15) is 5.26 Å². The van der Waals surface area contributed by atoms with Crippen molar-refractivity contribution in [3.8, 4) is 11.8 Å². The van der Waals surface area contributed by atoms with Gasteiger partial charge in [0.25, 0.3) is 0 Å². The average Bonchev–Trinajstić information content (AvgIpc) is 2.04. The fraction of sp³-hybridized carbons (Fsp3) is 0.300. The highest BCUT2D eigenvalue weighted by atomic mass is 16.3. The van der Waals surface area contributed by atoms with Crippen LogP contribution in [0.4, 0.5) is 0 Å². The van der Waals surface area contributed by atoms with Gasteiger partial charge in [0, 0.05) is 0 Å². The lowest BCUT2D eigenvalue weighted by Gasteiger charge is -2.07. The van der Waals surface area contributed by atoms with Crippen LogP contribution >= 0.6 is 0 Å². The van der Waals surface area contributed by atoms with Gasteiger partial charge in [-0.15, -0.1) is 0 Å². The normalized spacial score (nSPS) is 9.83. The molecule has 1 rings (SSSR count). The van der Waals surface area contributed by atoms with Crippen molar-refractivity contribution in [3.63, 3.8) is 0 Å². The molecule has 0 aliphatic rings. The molecule has 0 atom stereocenters. The summed E-state index contributed by atoms with van der Waals surface area (Å²) in [6.07, 6.45) is 0. The molecule has 2 nitrogen and oxygen atoms in total. The quantitative estimate of drug-likeness (QED) is 0.687. The highest BCUT2D eigenvalue weighted by molar-refractivity contribution is 5.48. The molecule has 1 N–H and O–H groups in total. The smallest absolute Gasteiger partial charge is 0.136 e. The number of para-hydroxylation sites is 1. The zero-order valence-corrected chi connectivity index (χ0v) is 7.20. The molecule has 62 valence electrons. The molecule has 0 aliphatic heterocycles. The summed E-state index contributed by atoms with van der Waals surface area (Å²) in [5, 5.41) is 18.2. The van der Waals surface area contributed by atoms with Crippen molar-refractivity contribution in [2.45, 2.75) is 19.8 Å². The van der Waals surface area contributed by atoms with E-state index in [2.05, 4.69) is 0 Å². The molecule has 0 fully saturated rings. The molecule has 1 aromatic rings. The third kappa shape index (κ3) is 1.40. The Hall–Kier alpha value is -1.49. The van der Waals surface area contributed by atoms with Crippen molar-refractivity contribution in [1.29, 1.82) is 5.26 Å². The number of nitriles is 1. The van der Waals surface area contributed by atoms with Crippen LogP contribution < -0.4 is 0 Å². The minimum atomic E-state index is 0.120. The van der Waals surface area contributed by atoms with E-state index in [1.54, 1.807) is 12.1 Å². The molecule has 0 heterocycles. The van der Waals surface area contributed by atoms with Gasteiger partial charge < -0.3 is 5.11 Å². The summed E-state index contributed by atoms with van der Waals surface area (Å²) in [7, 11) is 0. The molecule has 0 spiro atoms. The van der Waals surface area contributed by atoms with Crippen molar-refractivity contribution >= 4 is 0 Å². The van der Waals surface area contributed by atoms with Gasteiger partial charge in [-0.3, -0.25) is 0 Å². The van der Waals surface area contributed by atoms with Crippen molar-refractivity contribution < 1.29 is 5.11 Å². The molecule has 0 aromatic heterocycles. The highest BCUT2D eigenvalue weighted by Crippen LogP contribution is 2.27. The van der Waals surface area contributed by atoms with Crippen LogP contribution in [-0.2, 0) is 0 Å². The number of benzene rings is 1. The van der Waals surface area contributed by atoms with Crippen LogP contribution in [0.3, 0.4) is 0 Å². The summed E-state index contributed by atoms with van der Waals surface area (Å²) >= 11 is 0. The maximum absolute atomic E-state index is 9.54. The fourth-order valence-corrected chi connectivity index (χ4v) is 1.12. The Morgan fingerprint density at radius 3 is 2.58 bits per heavy atom. The zero-order chi connectivity index (χ0) is 9.14. The van der Waals surface area contributed by atoms with Gasteiger partial charge in [-0.25, -0.2) is 0 Å². The van der Waals surface area contributed by atoms with E-state index in [0.29, 0.717) is 5.56 Å². The monoisotopic (exact) mass is 161 g/mol. The molecule has 0 radical (unpaired) electrons. The summed E-state index contributed by atoms with van der Waals surface area (Å²) in [4.78, 5) is 0. The Morgan fingerprint density at radius 2 is 2.08 bits per heavy atom. The third-order valence-corrected chi connectivity index (χ3v) is 1.81. The van der Waals surface area contributed by atoms with Crippen molar-refractivity contribution in [3.05, 3.63) is 29.3 Å². The Kier molecular flexibility index (Phi) is 2.35. The molecule has 2 heteroatoms. The molecule has 0 unspecified atom stereocenters. The summed E-state index contributed by atoms with van der Waals surface area (Å²) < 4.78 is 0. The van der Waals surface area contributed by atoms with Crippen LogP contribution in [0.25, 0.3) is 0 Å². The number of hydrogen-bond acceptors (Lipinski definition) is 2. The number of hydrogen-bond donors (Lipinski definition) is 1. The molecule has 1 aromatic carbocycles. The van der Waals surface area contributed by atoms with E-state index in [-0.39, 0.29) is 11.7 Å². The molecule has 0 saturated carbocycles. The second-order valence-electron chi connectivity index (χ2n) is 3.01. The molecule has 0 aliphatic carbocycles. The van der Waals surface area contributed by atoms with E-state index in [9.17, 15) is 5.11 Å². The molecular formula is C10H11NO. The molecule has 0 bridgehead atoms. The van der Waals surface area contributed by atoms with Crippen LogP contribution in [0.1, 0.15) is 30.9 Å². The van der Waals surface area contributed by atoms with Gasteiger partial charge in [-0.05, 0) is 17.5 Å². The third-order valence-electron chi connectivity index (χ3n) is 1.81. The van der Waals surface area contributed by atoms with E-state index in [1.165, 1.54) is 0 Å². The zero-order valence-electron chi connectivity index (χ0n) is 7.20. The van der Waals surface area contributed by atoms with Crippen LogP contribution in [0, 0.1) is 11.3 Å². The summed E-state index contributed by atoms with van der Waals surface area (Å²) in [6, 6.07) is 7.17. The summed E-state index contributed by atoms with van der Waals surface area (Å²) in [5.74, 6) is 0.369. The molecule has 0 saturated heterocycles. The number of rotatable bonds is 1. The minimum Gasteiger partial charge on any atom is -0.506 e. The largest absolute Gasteiger partial charge is 0.506 e. The van der Waals surface area contributed by atoms with Crippen LogP contribution in [0.2, 0.25) is 0 Å².